The van der Waals surface area contributed by atoms with Gasteiger partial charge >= 0.3 is 0 Å². The van der Waals surface area contributed by atoms with Crippen LogP contribution in [0, 0.1) is 5.41 Å². The van der Waals surface area contributed by atoms with Crippen molar-refractivity contribution in [3.63, 3.8) is 0 Å². The van der Waals surface area contributed by atoms with Crippen LogP contribution in [0.1, 0.15) is 19.8 Å². The van der Waals surface area contributed by atoms with Gasteiger partial charge in [0.1, 0.15) is 5.75 Å². The molecule has 92 valence electrons. The maximum absolute atomic E-state index is 12.2. The van der Waals surface area contributed by atoms with Crippen molar-refractivity contribution in [2.24, 2.45) is 5.41 Å². The highest BCUT2D eigenvalue weighted by Gasteiger charge is 2.34. The number of nitrogens with one attached hydrogen (secondary N) is 2. The molecule has 0 radical (unpaired) electrons. The number of rotatable bonds is 2. The summed E-state index contributed by atoms with van der Waals surface area (Å²) in [4.78, 5) is 12.2. The summed E-state index contributed by atoms with van der Waals surface area (Å²) in [5, 5.41) is 15.4. The zero-order chi connectivity index (χ0) is 12.3. The lowest BCUT2D eigenvalue weighted by atomic mass is 9.82. The second-order valence-electron chi connectivity index (χ2n) is 4.85. The zero-order valence-corrected chi connectivity index (χ0v) is 9.99. The smallest absolute Gasteiger partial charge is 0.231 e. The molecular formula is C13H18N2O2. The van der Waals surface area contributed by atoms with Gasteiger partial charge in [-0.05, 0) is 38.4 Å². The summed E-state index contributed by atoms with van der Waals surface area (Å²) in [5.74, 6) is 0.171. The van der Waals surface area contributed by atoms with E-state index in [2.05, 4.69) is 10.6 Å². The van der Waals surface area contributed by atoms with Gasteiger partial charge in [-0.2, -0.15) is 0 Å². The molecule has 4 heteroatoms. The fourth-order valence-corrected chi connectivity index (χ4v) is 2.12. The van der Waals surface area contributed by atoms with E-state index in [0.29, 0.717) is 12.2 Å². The molecule has 0 saturated carbocycles. The highest BCUT2D eigenvalue weighted by molar-refractivity contribution is 5.95. The molecule has 1 aromatic carbocycles. The SMILES string of the molecule is CC1(C(=O)Nc2cccc(O)c2)CCCNC1. The standard InChI is InChI=1S/C13H18N2O2/c1-13(6-3-7-14-9-13)12(17)15-10-4-2-5-11(16)8-10/h2,4-5,8,14,16H,3,6-7,9H2,1H3,(H,15,17). The highest BCUT2D eigenvalue weighted by atomic mass is 16.3. The van der Waals surface area contributed by atoms with E-state index in [1.807, 2.05) is 6.92 Å². The molecule has 0 aromatic heterocycles. The van der Waals surface area contributed by atoms with Crippen molar-refractivity contribution in [2.75, 3.05) is 18.4 Å². The second kappa shape index (κ2) is 4.75. The van der Waals surface area contributed by atoms with Gasteiger partial charge in [-0.25, -0.2) is 0 Å². The van der Waals surface area contributed by atoms with Gasteiger partial charge in [0.25, 0.3) is 0 Å². The summed E-state index contributed by atoms with van der Waals surface area (Å²) < 4.78 is 0. The highest BCUT2D eigenvalue weighted by Crippen LogP contribution is 2.27. The lowest BCUT2D eigenvalue weighted by Gasteiger charge is -2.32. The van der Waals surface area contributed by atoms with Crippen molar-refractivity contribution < 1.29 is 9.90 Å². The minimum absolute atomic E-state index is 0.00954. The van der Waals surface area contributed by atoms with Crippen LogP contribution in [0.4, 0.5) is 5.69 Å². The fourth-order valence-electron chi connectivity index (χ4n) is 2.12. The maximum atomic E-state index is 12.2. The molecule has 0 spiro atoms. The van der Waals surface area contributed by atoms with Crippen LogP contribution >= 0.6 is 0 Å². The van der Waals surface area contributed by atoms with Crippen LogP contribution in [0.5, 0.6) is 5.75 Å². The Kier molecular flexibility index (Phi) is 3.33. The van der Waals surface area contributed by atoms with Crippen molar-refractivity contribution in [3.05, 3.63) is 24.3 Å². The molecule has 1 unspecified atom stereocenters. The molecule has 2 rings (SSSR count). The monoisotopic (exact) mass is 234 g/mol. The topological polar surface area (TPSA) is 61.4 Å². The first kappa shape index (κ1) is 11.9. The average Bonchev–Trinajstić information content (AvgIpc) is 2.30. The van der Waals surface area contributed by atoms with E-state index in [-0.39, 0.29) is 17.1 Å². The molecule has 1 aromatic rings. The summed E-state index contributed by atoms with van der Waals surface area (Å²) in [6.07, 6.45) is 1.91. The minimum Gasteiger partial charge on any atom is -0.508 e. The number of piperidine rings is 1. The fraction of sp³-hybridized carbons (Fsp3) is 0.462. The Morgan fingerprint density at radius 1 is 1.53 bits per heavy atom. The molecule has 1 saturated heterocycles. The first-order valence-electron chi connectivity index (χ1n) is 5.91. The van der Waals surface area contributed by atoms with E-state index >= 15 is 0 Å². The van der Waals surface area contributed by atoms with Crippen molar-refractivity contribution in [2.45, 2.75) is 19.8 Å². The quantitative estimate of drug-likeness (QED) is 0.730. The first-order valence-corrected chi connectivity index (χ1v) is 5.91. The summed E-state index contributed by atoms with van der Waals surface area (Å²) in [5.41, 5.74) is 0.283. The van der Waals surface area contributed by atoms with E-state index < -0.39 is 0 Å². The Hall–Kier alpha value is -1.55. The number of hydrogen-bond donors (Lipinski definition) is 3. The van der Waals surface area contributed by atoms with Crippen LogP contribution in [0.3, 0.4) is 0 Å². The number of phenols is 1. The van der Waals surface area contributed by atoms with Gasteiger partial charge in [-0.15, -0.1) is 0 Å². The summed E-state index contributed by atoms with van der Waals surface area (Å²) in [7, 11) is 0. The number of anilines is 1. The van der Waals surface area contributed by atoms with E-state index in [1.165, 1.54) is 0 Å². The average molecular weight is 234 g/mol. The molecule has 0 aliphatic carbocycles. The third kappa shape index (κ3) is 2.77. The summed E-state index contributed by atoms with van der Waals surface area (Å²) >= 11 is 0. The number of carbonyl (C=O) groups is 1. The lowest BCUT2D eigenvalue weighted by Crippen LogP contribution is -2.46. The van der Waals surface area contributed by atoms with E-state index in [1.54, 1.807) is 24.3 Å². The van der Waals surface area contributed by atoms with Gasteiger partial charge in [0.2, 0.25) is 5.91 Å². The van der Waals surface area contributed by atoms with Gasteiger partial charge in [0.05, 0.1) is 5.41 Å². The molecule has 1 aliphatic heterocycles. The van der Waals surface area contributed by atoms with Crippen molar-refractivity contribution >= 4 is 11.6 Å². The van der Waals surface area contributed by atoms with Gasteiger partial charge < -0.3 is 15.7 Å². The number of carbonyl (C=O) groups excluding carboxylic acids is 1. The third-order valence-electron chi connectivity index (χ3n) is 3.25. The number of amides is 1. The largest absolute Gasteiger partial charge is 0.508 e. The predicted octanol–water partition coefficient (Wildman–Crippen LogP) is 1.72. The van der Waals surface area contributed by atoms with Crippen LogP contribution in [0.15, 0.2) is 24.3 Å². The Labute approximate surface area is 101 Å². The normalized spacial score (nSPS) is 24.3. The second-order valence-corrected chi connectivity index (χ2v) is 4.85. The molecule has 1 atom stereocenters. The van der Waals surface area contributed by atoms with Crippen LogP contribution in [-0.2, 0) is 4.79 Å². The Bertz CT molecular complexity index is 412. The third-order valence-corrected chi connectivity index (χ3v) is 3.25. The molecule has 17 heavy (non-hydrogen) atoms. The van der Waals surface area contributed by atoms with Gasteiger partial charge in [-0.3, -0.25) is 4.79 Å². The molecule has 1 aliphatic rings. The van der Waals surface area contributed by atoms with Crippen LogP contribution < -0.4 is 10.6 Å². The number of benzene rings is 1. The molecule has 4 nitrogen and oxygen atoms in total. The van der Waals surface area contributed by atoms with Crippen molar-refractivity contribution in [1.29, 1.82) is 0 Å². The number of aromatic hydroxyl groups is 1. The maximum Gasteiger partial charge on any atom is 0.231 e. The van der Waals surface area contributed by atoms with E-state index in [9.17, 15) is 9.90 Å². The number of phenolic OH excluding ortho intramolecular Hbond substituents is 1. The molecular weight excluding hydrogens is 216 g/mol. The predicted molar refractivity (Wildman–Crippen MR) is 66.9 cm³/mol. The summed E-state index contributed by atoms with van der Waals surface area (Å²) in [6.45, 7) is 3.66. The molecule has 0 bridgehead atoms. The van der Waals surface area contributed by atoms with Crippen molar-refractivity contribution in [3.8, 4) is 5.75 Å². The molecule has 1 amide bonds. The molecule has 1 heterocycles. The van der Waals surface area contributed by atoms with Gasteiger partial charge in [0.15, 0.2) is 0 Å². The minimum atomic E-state index is -0.357. The van der Waals surface area contributed by atoms with Crippen LogP contribution in [-0.4, -0.2) is 24.1 Å². The van der Waals surface area contributed by atoms with E-state index in [4.69, 9.17) is 0 Å². The van der Waals surface area contributed by atoms with Gasteiger partial charge in [-0.1, -0.05) is 6.07 Å². The van der Waals surface area contributed by atoms with E-state index in [0.717, 1.165) is 19.4 Å². The van der Waals surface area contributed by atoms with Crippen LogP contribution in [0.2, 0.25) is 0 Å². The Morgan fingerprint density at radius 2 is 2.35 bits per heavy atom. The molecule has 3 N–H and O–H groups in total. The first-order chi connectivity index (χ1) is 8.10. The zero-order valence-electron chi connectivity index (χ0n) is 9.99. The summed E-state index contributed by atoms with van der Waals surface area (Å²) in [6, 6.07) is 6.63. The van der Waals surface area contributed by atoms with Gasteiger partial charge in [0, 0.05) is 18.3 Å². The lowest BCUT2D eigenvalue weighted by molar-refractivity contribution is -0.125. The van der Waals surface area contributed by atoms with Crippen LogP contribution in [0.25, 0.3) is 0 Å². The Morgan fingerprint density at radius 3 is 3.00 bits per heavy atom. The van der Waals surface area contributed by atoms with Crippen molar-refractivity contribution in [1.82, 2.24) is 5.32 Å². The molecule has 1 fully saturated rings. The Balaban J connectivity index is 2.05. The number of hydrogen-bond acceptors (Lipinski definition) is 3.